The molecule has 1 saturated heterocycles. The SMILES string of the molecule is COc1ccc(CCC(=O)N2CCN(C(=O)CNC(=O)CN)CC2)cc1.Cl. The molecule has 1 aliphatic rings. The van der Waals surface area contributed by atoms with Crippen LogP contribution in [0.15, 0.2) is 24.3 Å². The second-order valence-electron chi connectivity index (χ2n) is 6.09. The molecule has 9 heteroatoms. The van der Waals surface area contributed by atoms with Crippen LogP contribution in [-0.4, -0.2) is 73.9 Å². The van der Waals surface area contributed by atoms with Gasteiger partial charge in [0.25, 0.3) is 0 Å². The molecule has 27 heavy (non-hydrogen) atoms. The van der Waals surface area contributed by atoms with Crippen molar-refractivity contribution in [2.24, 2.45) is 5.73 Å². The van der Waals surface area contributed by atoms with Gasteiger partial charge in [0.2, 0.25) is 17.7 Å². The molecular formula is C18H27ClN4O4. The van der Waals surface area contributed by atoms with Crippen LogP contribution >= 0.6 is 12.4 Å². The van der Waals surface area contributed by atoms with Gasteiger partial charge in [0.05, 0.1) is 20.2 Å². The molecule has 0 aliphatic carbocycles. The number of rotatable bonds is 7. The van der Waals surface area contributed by atoms with Gasteiger partial charge in [-0.25, -0.2) is 0 Å². The number of carbonyl (C=O) groups excluding carboxylic acids is 3. The third kappa shape index (κ3) is 7.07. The van der Waals surface area contributed by atoms with Gasteiger partial charge in [0.15, 0.2) is 0 Å². The molecule has 0 atom stereocenters. The topological polar surface area (TPSA) is 105 Å². The van der Waals surface area contributed by atoms with Crippen molar-refractivity contribution in [3.8, 4) is 5.75 Å². The number of hydrogen-bond donors (Lipinski definition) is 2. The first-order chi connectivity index (χ1) is 12.5. The monoisotopic (exact) mass is 398 g/mol. The van der Waals surface area contributed by atoms with Crippen molar-refractivity contribution >= 4 is 30.1 Å². The van der Waals surface area contributed by atoms with Crippen LogP contribution in [0.3, 0.4) is 0 Å². The van der Waals surface area contributed by atoms with Gasteiger partial charge in [-0.05, 0) is 24.1 Å². The second-order valence-corrected chi connectivity index (χ2v) is 6.09. The number of nitrogens with two attached hydrogens (primary N) is 1. The summed E-state index contributed by atoms with van der Waals surface area (Å²) < 4.78 is 5.12. The smallest absolute Gasteiger partial charge is 0.242 e. The highest BCUT2D eigenvalue weighted by Crippen LogP contribution is 2.13. The van der Waals surface area contributed by atoms with Crippen LogP contribution in [0, 0.1) is 0 Å². The molecule has 1 heterocycles. The summed E-state index contributed by atoms with van der Waals surface area (Å²) in [6, 6.07) is 7.68. The van der Waals surface area contributed by atoms with Gasteiger partial charge in [-0.2, -0.15) is 0 Å². The summed E-state index contributed by atoms with van der Waals surface area (Å²) in [5.41, 5.74) is 6.27. The minimum absolute atomic E-state index is 0. The van der Waals surface area contributed by atoms with Gasteiger partial charge in [0.1, 0.15) is 5.75 Å². The fourth-order valence-electron chi connectivity index (χ4n) is 2.77. The molecule has 0 saturated carbocycles. The first-order valence-electron chi connectivity index (χ1n) is 8.68. The quantitative estimate of drug-likeness (QED) is 0.661. The zero-order chi connectivity index (χ0) is 18.9. The van der Waals surface area contributed by atoms with Gasteiger partial charge in [0, 0.05) is 32.6 Å². The van der Waals surface area contributed by atoms with Gasteiger partial charge >= 0.3 is 0 Å². The molecule has 3 N–H and O–H groups in total. The van der Waals surface area contributed by atoms with E-state index in [0.29, 0.717) is 39.0 Å². The Bertz CT molecular complexity index is 631. The van der Waals surface area contributed by atoms with Crippen molar-refractivity contribution in [1.29, 1.82) is 0 Å². The predicted octanol–water partition coefficient (Wildman–Crippen LogP) is -0.205. The number of ether oxygens (including phenoxy) is 1. The Morgan fingerprint density at radius 3 is 2.11 bits per heavy atom. The van der Waals surface area contributed by atoms with E-state index in [1.165, 1.54) is 0 Å². The van der Waals surface area contributed by atoms with E-state index < -0.39 is 0 Å². The fraction of sp³-hybridized carbons (Fsp3) is 0.500. The second kappa shape index (κ2) is 11.4. The van der Waals surface area contributed by atoms with Crippen LogP contribution in [0.1, 0.15) is 12.0 Å². The van der Waals surface area contributed by atoms with Gasteiger partial charge in [-0.1, -0.05) is 12.1 Å². The molecule has 0 radical (unpaired) electrons. The maximum absolute atomic E-state index is 12.4. The number of benzene rings is 1. The number of nitrogens with zero attached hydrogens (tertiary/aromatic N) is 2. The number of methoxy groups -OCH3 is 1. The minimum Gasteiger partial charge on any atom is -0.497 e. The maximum atomic E-state index is 12.4. The lowest BCUT2D eigenvalue weighted by Crippen LogP contribution is -2.52. The zero-order valence-corrected chi connectivity index (χ0v) is 16.3. The molecule has 0 unspecified atom stereocenters. The molecule has 0 bridgehead atoms. The Hall–Kier alpha value is -2.32. The summed E-state index contributed by atoms with van der Waals surface area (Å²) in [5, 5.41) is 2.47. The Morgan fingerprint density at radius 2 is 1.59 bits per heavy atom. The van der Waals surface area contributed by atoms with E-state index in [4.69, 9.17) is 10.5 Å². The van der Waals surface area contributed by atoms with Crippen molar-refractivity contribution in [2.45, 2.75) is 12.8 Å². The summed E-state index contributed by atoms with van der Waals surface area (Å²) in [7, 11) is 1.62. The highest BCUT2D eigenvalue weighted by molar-refractivity contribution is 5.86. The summed E-state index contributed by atoms with van der Waals surface area (Å²) in [4.78, 5) is 38.9. The van der Waals surface area contributed by atoms with E-state index in [1.54, 1.807) is 16.9 Å². The molecule has 1 aromatic rings. The zero-order valence-electron chi connectivity index (χ0n) is 15.5. The highest BCUT2D eigenvalue weighted by atomic mass is 35.5. The fourth-order valence-corrected chi connectivity index (χ4v) is 2.77. The van der Waals surface area contributed by atoms with E-state index in [0.717, 1.165) is 11.3 Å². The Morgan fingerprint density at radius 1 is 1.04 bits per heavy atom. The van der Waals surface area contributed by atoms with Crippen LogP contribution in [-0.2, 0) is 20.8 Å². The standard InChI is InChI=1S/C18H26N4O4.ClH/c1-26-15-5-2-14(3-6-15)4-7-17(24)21-8-10-22(11-9-21)18(25)13-20-16(23)12-19;/h2-3,5-6H,4,7-13,19H2,1H3,(H,20,23);1H. The molecule has 1 aliphatic heterocycles. The lowest BCUT2D eigenvalue weighted by atomic mass is 10.1. The number of hydrogen-bond acceptors (Lipinski definition) is 5. The Labute approximate surface area is 165 Å². The number of carbonyl (C=O) groups is 3. The first kappa shape index (κ1) is 22.7. The number of amides is 3. The van der Waals surface area contributed by atoms with Crippen molar-refractivity contribution in [1.82, 2.24) is 15.1 Å². The number of aryl methyl sites for hydroxylation is 1. The van der Waals surface area contributed by atoms with E-state index >= 15 is 0 Å². The molecule has 0 spiro atoms. The third-order valence-corrected chi connectivity index (χ3v) is 4.39. The van der Waals surface area contributed by atoms with Crippen LogP contribution < -0.4 is 15.8 Å². The summed E-state index contributed by atoms with van der Waals surface area (Å²) in [6.45, 7) is 1.79. The molecule has 1 aromatic carbocycles. The molecule has 8 nitrogen and oxygen atoms in total. The Balaban J connectivity index is 0.00000364. The van der Waals surface area contributed by atoms with Crippen LogP contribution in [0.25, 0.3) is 0 Å². The lowest BCUT2D eigenvalue weighted by molar-refractivity contribution is -0.139. The molecule has 0 aromatic heterocycles. The van der Waals surface area contributed by atoms with Gasteiger partial charge in [-0.3, -0.25) is 14.4 Å². The molecule has 1 fully saturated rings. The Kier molecular flexibility index (Phi) is 9.60. The van der Waals surface area contributed by atoms with Crippen molar-refractivity contribution in [2.75, 3.05) is 46.4 Å². The summed E-state index contributed by atoms with van der Waals surface area (Å²) >= 11 is 0. The maximum Gasteiger partial charge on any atom is 0.242 e. The van der Waals surface area contributed by atoms with Crippen molar-refractivity contribution in [3.63, 3.8) is 0 Å². The van der Waals surface area contributed by atoms with E-state index in [2.05, 4.69) is 5.32 Å². The minimum atomic E-state index is -0.356. The first-order valence-corrected chi connectivity index (χ1v) is 8.68. The molecule has 150 valence electrons. The average Bonchev–Trinajstić information content (AvgIpc) is 2.70. The number of halogens is 1. The average molecular weight is 399 g/mol. The molecule has 3 amide bonds. The third-order valence-electron chi connectivity index (χ3n) is 4.39. The predicted molar refractivity (Wildman–Crippen MR) is 104 cm³/mol. The van der Waals surface area contributed by atoms with Gasteiger partial charge < -0.3 is 25.6 Å². The number of nitrogens with one attached hydrogen (secondary N) is 1. The number of piperazine rings is 1. The largest absolute Gasteiger partial charge is 0.497 e. The summed E-state index contributed by atoms with van der Waals surface area (Å²) in [5.74, 6) is 0.371. The highest BCUT2D eigenvalue weighted by Gasteiger charge is 2.23. The van der Waals surface area contributed by atoms with Crippen molar-refractivity contribution < 1.29 is 19.1 Å². The van der Waals surface area contributed by atoms with E-state index in [-0.39, 0.29) is 43.2 Å². The van der Waals surface area contributed by atoms with Crippen LogP contribution in [0.5, 0.6) is 5.75 Å². The van der Waals surface area contributed by atoms with Crippen molar-refractivity contribution in [3.05, 3.63) is 29.8 Å². The van der Waals surface area contributed by atoms with Crippen LogP contribution in [0.4, 0.5) is 0 Å². The molecule has 2 rings (SSSR count). The summed E-state index contributed by atoms with van der Waals surface area (Å²) in [6.07, 6.45) is 1.11. The lowest BCUT2D eigenvalue weighted by Gasteiger charge is -2.35. The van der Waals surface area contributed by atoms with Gasteiger partial charge in [-0.15, -0.1) is 12.4 Å². The molecular weight excluding hydrogens is 372 g/mol. The van der Waals surface area contributed by atoms with E-state index in [1.807, 2.05) is 24.3 Å². The van der Waals surface area contributed by atoms with E-state index in [9.17, 15) is 14.4 Å². The van der Waals surface area contributed by atoms with Crippen LogP contribution in [0.2, 0.25) is 0 Å². The normalized spacial score (nSPS) is 13.6.